The van der Waals surface area contributed by atoms with E-state index >= 15 is 0 Å². The first kappa shape index (κ1) is 15.9. The standard InChI is InChI=1S/C13H20N2O.ClH/c1-9(2)12-6-4-11(5-7-12)8-15-13(16)10(3)14;/h4-7,9-10H,8,14H2,1-3H3,(H,15,16);1H/t10-;/m1./s1. The molecule has 0 saturated carbocycles. The highest BCUT2D eigenvalue weighted by Crippen LogP contribution is 2.14. The Bertz CT molecular complexity index is 347. The lowest BCUT2D eigenvalue weighted by molar-refractivity contribution is -0.122. The molecule has 0 radical (unpaired) electrons. The molecule has 4 heteroatoms. The summed E-state index contributed by atoms with van der Waals surface area (Å²) in [7, 11) is 0. The second-order valence-corrected chi connectivity index (χ2v) is 4.40. The Morgan fingerprint density at radius 3 is 2.18 bits per heavy atom. The third-order valence-electron chi connectivity index (χ3n) is 2.53. The van der Waals surface area contributed by atoms with E-state index in [1.54, 1.807) is 6.92 Å². The summed E-state index contributed by atoms with van der Waals surface area (Å²) in [6.07, 6.45) is 0. The number of carbonyl (C=O) groups is 1. The Balaban J connectivity index is 0.00000256. The predicted molar refractivity (Wildman–Crippen MR) is 73.3 cm³/mol. The quantitative estimate of drug-likeness (QED) is 0.868. The predicted octanol–water partition coefficient (Wildman–Crippen LogP) is 2.20. The van der Waals surface area contributed by atoms with Crippen LogP contribution in [0.3, 0.4) is 0 Å². The molecule has 1 atom stereocenters. The SMILES string of the molecule is CC(C)c1ccc(CNC(=O)[C@@H](C)N)cc1.Cl. The number of nitrogens with one attached hydrogen (secondary N) is 1. The van der Waals surface area contributed by atoms with Crippen LogP contribution in [-0.4, -0.2) is 11.9 Å². The van der Waals surface area contributed by atoms with Crippen LogP contribution in [0, 0.1) is 0 Å². The van der Waals surface area contributed by atoms with E-state index < -0.39 is 6.04 Å². The van der Waals surface area contributed by atoms with Gasteiger partial charge in [-0.1, -0.05) is 38.1 Å². The molecule has 17 heavy (non-hydrogen) atoms. The molecule has 0 heterocycles. The highest BCUT2D eigenvalue weighted by atomic mass is 35.5. The number of amides is 1. The van der Waals surface area contributed by atoms with Crippen LogP contribution in [0.4, 0.5) is 0 Å². The Hall–Kier alpha value is -1.06. The monoisotopic (exact) mass is 256 g/mol. The van der Waals surface area contributed by atoms with Gasteiger partial charge in [0.2, 0.25) is 5.91 Å². The Morgan fingerprint density at radius 1 is 1.24 bits per heavy atom. The molecular formula is C13H21ClN2O. The van der Waals surface area contributed by atoms with Gasteiger partial charge in [0.25, 0.3) is 0 Å². The van der Waals surface area contributed by atoms with Crippen molar-refractivity contribution in [1.82, 2.24) is 5.32 Å². The maximum atomic E-state index is 11.3. The summed E-state index contributed by atoms with van der Waals surface area (Å²) in [6, 6.07) is 7.82. The van der Waals surface area contributed by atoms with Gasteiger partial charge < -0.3 is 11.1 Å². The van der Waals surface area contributed by atoms with Gasteiger partial charge in [-0.2, -0.15) is 0 Å². The number of nitrogens with two attached hydrogens (primary N) is 1. The van der Waals surface area contributed by atoms with Crippen molar-refractivity contribution >= 4 is 18.3 Å². The van der Waals surface area contributed by atoms with Crippen molar-refractivity contribution in [2.45, 2.75) is 39.3 Å². The molecule has 96 valence electrons. The third kappa shape index (κ3) is 5.20. The molecule has 1 aromatic carbocycles. The molecule has 1 rings (SSSR count). The van der Waals surface area contributed by atoms with Crippen LogP contribution < -0.4 is 11.1 Å². The number of hydrogen-bond donors (Lipinski definition) is 2. The molecule has 1 amide bonds. The minimum atomic E-state index is -0.449. The van der Waals surface area contributed by atoms with Crippen LogP contribution in [0.1, 0.15) is 37.8 Å². The van der Waals surface area contributed by atoms with Crippen molar-refractivity contribution in [3.63, 3.8) is 0 Å². The average Bonchev–Trinajstić information content (AvgIpc) is 2.26. The van der Waals surface area contributed by atoms with Crippen LogP contribution >= 0.6 is 12.4 Å². The highest BCUT2D eigenvalue weighted by Gasteiger charge is 2.06. The topological polar surface area (TPSA) is 55.1 Å². The number of halogens is 1. The first-order chi connectivity index (χ1) is 7.50. The molecule has 0 bridgehead atoms. The van der Waals surface area contributed by atoms with Gasteiger partial charge in [-0.15, -0.1) is 12.4 Å². The van der Waals surface area contributed by atoms with Crippen LogP contribution in [0.2, 0.25) is 0 Å². The molecule has 3 N–H and O–H groups in total. The van der Waals surface area contributed by atoms with Crippen LogP contribution in [0.25, 0.3) is 0 Å². The molecule has 0 aliphatic heterocycles. The zero-order valence-corrected chi connectivity index (χ0v) is 11.4. The third-order valence-corrected chi connectivity index (χ3v) is 2.53. The van der Waals surface area contributed by atoms with Crippen molar-refractivity contribution in [1.29, 1.82) is 0 Å². The number of rotatable bonds is 4. The van der Waals surface area contributed by atoms with Gasteiger partial charge >= 0.3 is 0 Å². The van der Waals surface area contributed by atoms with E-state index in [0.717, 1.165) is 5.56 Å². The summed E-state index contributed by atoms with van der Waals surface area (Å²) in [5, 5.41) is 2.78. The van der Waals surface area contributed by atoms with Gasteiger partial charge in [0, 0.05) is 6.54 Å². The van der Waals surface area contributed by atoms with E-state index in [1.807, 2.05) is 12.1 Å². The fraction of sp³-hybridized carbons (Fsp3) is 0.462. The van der Waals surface area contributed by atoms with Gasteiger partial charge in [-0.05, 0) is 24.0 Å². The van der Waals surface area contributed by atoms with E-state index in [9.17, 15) is 4.79 Å². The van der Waals surface area contributed by atoms with Gasteiger partial charge in [-0.3, -0.25) is 4.79 Å². The van der Waals surface area contributed by atoms with Crippen molar-refractivity contribution in [3.05, 3.63) is 35.4 Å². The average molecular weight is 257 g/mol. The van der Waals surface area contributed by atoms with E-state index in [-0.39, 0.29) is 18.3 Å². The molecule has 0 aromatic heterocycles. The second-order valence-electron chi connectivity index (χ2n) is 4.40. The summed E-state index contributed by atoms with van der Waals surface area (Å²) in [5.41, 5.74) is 7.86. The van der Waals surface area contributed by atoms with Crippen LogP contribution in [0.15, 0.2) is 24.3 Å². The van der Waals surface area contributed by atoms with Gasteiger partial charge in [-0.25, -0.2) is 0 Å². The first-order valence-corrected chi connectivity index (χ1v) is 5.63. The maximum absolute atomic E-state index is 11.3. The number of benzene rings is 1. The van der Waals surface area contributed by atoms with E-state index in [1.165, 1.54) is 5.56 Å². The van der Waals surface area contributed by atoms with E-state index in [4.69, 9.17) is 5.73 Å². The van der Waals surface area contributed by atoms with Gasteiger partial charge in [0.1, 0.15) is 0 Å². The molecule has 0 aliphatic carbocycles. The molecule has 3 nitrogen and oxygen atoms in total. The molecule has 0 saturated heterocycles. The summed E-state index contributed by atoms with van der Waals surface area (Å²) in [5.74, 6) is 0.417. The van der Waals surface area contributed by atoms with E-state index in [0.29, 0.717) is 12.5 Å². The fourth-order valence-corrected chi connectivity index (χ4v) is 1.37. The second kappa shape index (κ2) is 7.30. The normalized spacial score (nSPS) is 11.8. The summed E-state index contributed by atoms with van der Waals surface area (Å²) >= 11 is 0. The molecule has 0 aliphatic rings. The smallest absolute Gasteiger partial charge is 0.236 e. The zero-order chi connectivity index (χ0) is 12.1. The minimum Gasteiger partial charge on any atom is -0.351 e. The van der Waals surface area contributed by atoms with Crippen molar-refractivity contribution in [2.75, 3.05) is 0 Å². The maximum Gasteiger partial charge on any atom is 0.236 e. The summed E-state index contributed by atoms with van der Waals surface area (Å²) < 4.78 is 0. The highest BCUT2D eigenvalue weighted by molar-refractivity contribution is 5.85. The van der Waals surface area contributed by atoms with E-state index in [2.05, 4.69) is 31.3 Å². The van der Waals surface area contributed by atoms with Crippen molar-refractivity contribution < 1.29 is 4.79 Å². The molecule has 0 spiro atoms. The van der Waals surface area contributed by atoms with Crippen LogP contribution in [0.5, 0.6) is 0 Å². The lowest BCUT2D eigenvalue weighted by atomic mass is 10.0. The zero-order valence-electron chi connectivity index (χ0n) is 10.6. The molecule has 0 unspecified atom stereocenters. The lowest BCUT2D eigenvalue weighted by Crippen LogP contribution is -2.37. The van der Waals surface area contributed by atoms with Crippen molar-refractivity contribution in [3.8, 4) is 0 Å². The first-order valence-electron chi connectivity index (χ1n) is 5.63. The Kier molecular flexibility index (Phi) is 6.85. The molecular weight excluding hydrogens is 236 g/mol. The molecule has 0 fully saturated rings. The molecule has 1 aromatic rings. The Labute approximate surface area is 109 Å². The van der Waals surface area contributed by atoms with Gasteiger partial charge in [0.15, 0.2) is 0 Å². The Morgan fingerprint density at radius 2 is 1.76 bits per heavy atom. The van der Waals surface area contributed by atoms with Crippen molar-refractivity contribution in [2.24, 2.45) is 5.73 Å². The number of carbonyl (C=O) groups excluding carboxylic acids is 1. The lowest BCUT2D eigenvalue weighted by Gasteiger charge is -2.09. The van der Waals surface area contributed by atoms with Gasteiger partial charge in [0.05, 0.1) is 6.04 Å². The largest absolute Gasteiger partial charge is 0.351 e. The fourth-order valence-electron chi connectivity index (χ4n) is 1.37. The number of hydrogen-bond acceptors (Lipinski definition) is 2. The minimum absolute atomic E-state index is 0. The summed E-state index contributed by atoms with van der Waals surface area (Å²) in [4.78, 5) is 11.3. The van der Waals surface area contributed by atoms with Crippen LogP contribution in [-0.2, 0) is 11.3 Å². The summed E-state index contributed by atoms with van der Waals surface area (Å²) in [6.45, 7) is 6.54.